The molecule has 1 heterocycles. The molecule has 1 fully saturated rings. The Labute approximate surface area is 125 Å². The second kappa shape index (κ2) is 6.53. The molecule has 0 bridgehead atoms. The molecule has 20 heavy (non-hydrogen) atoms. The van der Waals surface area contributed by atoms with Crippen LogP contribution in [0.15, 0.2) is 29.2 Å². The lowest BCUT2D eigenvalue weighted by Crippen LogP contribution is -2.45. The summed E-state index contributed by atoms with van der Waals surface area (Å²) in [4.78, 5) is 15.5. The first-order valence-electron chi connectivity index (χ1n) is 7.20. The van der Waals surface area contributed by atoms with Gasteiger partial charge in [-0.2, -0.15) is 0 Å². The lowest BCUT2D eigenvalue weighted by molar-refractivity contribution is -0.132. The lowest BCUT2D eigenvalue weighted by Gasteiger charge is -2.36. The van der Waals surface area contributed by atoms with Gasteiger partial charge < -0.3 is 10.0 Å². The first kappa shape index (κ1) is 15.2. The molecule has 1 aromatic carbocycles. The number of benzene rings is 1. The van der Waals surface area contributed by atoms with Crippen molar-refractivity contribution in [3.63, 3.8) is 0 Å². The van der Waals surface area contributed by atoms with Crippen LogP contribution in [-0.4, -0.2) is 34.3 Å². The molecule has 2 rings (SSSR count). The number of piperidine rings is 1. The summed E-state index contributed by atoms with van der Waals surface area (Å²) in [6.07, 6.45) is 1.21. The molecule has 1 amide bonds. The minimum absolute atomic E-state index is 0.0861. The molecule has 3 atom stereocenters. The first-order valence-corrected chi connectivity index (χ1v) is 8.08. The monoisotopic (exact) mass is 293 g/mol. The second-order valence-electron chi connectivity index (χ2n) is 5.94. The Morgan fingerprint density at radius 2 is 1.80 bits per heavy atom. The van der Waals surface area contributed by atoms with Gasteiger partial charge in [0.25, 0.3) is 0 Å². The Morgan fingerprint density at radius 3 is 2.35 bits per heavy atom. The van der Waals surface area contributed by atoms with Gasteiger partial charge in [-0.15, -0.1) is 11.8 Å². The van der Waals surface area contributed by atoms with Crippen LogP contribution >= 0.6 is 11.8 Å². The molecular weight excluding hydrogens is 270 g/mol. The van der Waals surface area contributed by atoms with Gasteiger partial charge in [0.1, 0.15) is 5.75 Å². The van der Waals surface area contributed by atoms with Gasteiger partial charge in [-0.25, -0.2) is 0 Å². The van der Waals surface area contributed by atoms with E-state index >= 15 is 0 Å². The van der Waals surface area contributed by atoms with Crippen LogP contribution < -0.4 is 0 Å². The normalized spacial score (nSPS) is 24.4. The van der Waals surface area contributed by atoms with E-state index in [-0.39, 0.29) is 16.9 Å². The van der Waals surface area contributed by atoms with E-state index in [4.69, 9.17) is 0 Å². The lowest BCUT2D eigenvalue weighted by atomic mass is 9.92. The Hall–Kier alpha value is -1.16. The largest absolute Gasteiger partial charge is 0.508 e. The molecule has 0 saturated carbocycles. The average molecular weight is 293 g/mol. The highest BCUT2D eigenvalue weighted by atomic mass is 32.2. The molecule has 1 aliphatic heterocycles. The van der Waals surface area contributed by atoms with Crippen LogP contribution in [0.3, 0.4) is 0 Å². The average Bonchev–Trinajstić information content (AvgIpc) is 2.39. The SMILES string of the molecule is CC1CC(C)CN(C(=O)C(C)Sc2ccc(O)cc2)C1. The summed E-state index contributed by atoms with van der Waals surface area (Å²) in [5.41, 5.74) is 0. The highest BCUT2D eigenvalue weighted by Gasteiger charge is 2.28. The summed E-state index contributed by atoms with van der Waals surface area (Å²) in [6.45, 7) is 8.15. The second-order valence-corrected chi connectivity index (χ2v) is 7.36. The van der Waals surface area contributed by atoms with E-state index in [0.717, 1.165) is 18.0 Å². The van der Waals surface area contributed by atoms with Gasteiger partial charge in [-0.05, 0) is 49.4 Å². The van der Waals surface area contributed by atoms with Crippen molar-refractivity contribution < 1.29 is 9.90 Å². The summed E-state index contributed by atoms with van der Waals surface area (Å²) < 4.78 is 0. The Kier molecular flexibility index (Phi) is 4.97. The minimum atomic E-state index is -0.0861. The number of aromatic hydroxyl groups is 1. The van der Waals surface area contributed by atoms with Gasteiger partial charge in [0.05, 0.1) is 5.25 Å². The van der Waals surface area contributed by atoms with Crippen LogP contribution in [0.1, 0.15) is 27.2 Å². The minimum Gasteiger partial charge on any atom is -0.508 e. The van der Waals surface area contributed by atoms with Crippen molar-refractivity contribution in [1.29, 1.82) is 0 Å². The third kappa shape index (κ3) is 3.92. The summed E-state index contributed by atoms with van der Waals surface area (Å²) >= 11 is 1.55. The van der Waals surface area contributed by atoms with Gasteiger partial charge in [0.15, 0.2) is 0 Å². The molecule has 3 unspecified atom stereocenters. The van der Waals surface area contributed by atoms with E-state index in [0.29, 0.717) is 11.8 Å². The number of carbonyl (C=O) groups excluding carboxylic acids is 1. The molecule has 0 spiro atoms. The number of thioether (sulfide) groups is 1. The molecule has 1 saturated heterocycles. The molecule has 3 nitrogen and oxygen atoms in total. The van der Waals surface area contributed by atoms with Crippen molar-refractivity contribution in [2.24, 2.45) is 11.8 Å². The zero-order valence-electron chi connectivity index (χ0n) is 12.4. The quantitative estimate of drug-likeness (QED) is 0.869. The van der Waals surface area contributed by atoms with E-state index < -0.39 is 0 Å². The first-order chi connectivity index (χ1) is 9.45. The predicted octanol–water partition coefficient (Wildman–Crippen LogP) is 3.38. The van der Waals surface area contributed by atoms with Gasteiger partial charge >= 0.3 is 0 Å². The topological polar surface area (TPSA) is 40.5 Å². The third-order valence-electron chi connectivity index (χ3n) is 3.68. The van der Waals surface area contributed by atoms with Crippen molar-refractivity contribution in [2.45, 2.75) is 37.3 Å². The van der Waals surface area contributed by atoms with Crippen molar-refractivity contribution in [3.8, 4) is 5.75 Å². The molecule has 0 aliphatic carbocycles. The molecule has 0 aromatic heterocycles. The fraction of sp³-hybridized carbons (Fsp3) is 0.562. The highest BCUT2D eigenvalue weighted by molar-refractivity contribution is 8.00. The van der Waals surface area contributed by atoms with Crippen molar-refractivity contribution in [1.82, 2.24) is 4.90 Å². The molecular formula is C16H23NO2S. The summed E-state index contributed by atoms with van der Waals surface area (Å²) in [5.74, 6) is 1.66. The van der Waals surface area contributed by atoms with Gasteiger partial charge in [-0.1, -0.05) is 13.8 Å². The van der Waals surface area contributed by atoms with Crippen LogP contribution in [0.2, 0.25) is 0 Å². The van der Waals surface area contributed by atoms with Crippen LogP contribution in [0, 0.1) is 11.8 Å². The molecule has 0 radical (unpaired) electrons. The zero-order chi connectivity index (χ0) is 14.7. The van der Waals surface area contributed by atoms with Crippen LogP contribution in [0.5, 0.6) is 5.75 Å². The Morgan fingerprint density at radius 1 is 1.25 bits per heavy atom. The smallest absolute Gasteiger partial charge is 0.235 e. The van der Waals surface area contributed by atoms with E-state index in [1.165, 1.54) is 6.42 Å². The zero-order valence-corrected chi connectivity index (χ0v) is 13.2. The highest BCUT2D eigenvalue weighted by Crippen LogP contribution is 2.28. The molecule has 4 heteroatoms. The number of hydrogen-bond donors (Lipinski definition) is 1. The summed E-state index contributed by atoms with van der Waals surface area (Å²) in [6, 6.07) is 7.02. The van der Waals surface area contributed by atoms with Crippen LogP contribution in [0.4, 0.5) is 0 Å². The summed E-state index contributed by atoms with van der Waals surface area (Å²) in [7, 11) is 0. The van der Waals surface area contributed by atoms with Gasteiger partial charge in [0.2, 0.25) is 5.91 Å². The number of likely N-dealkylation sites (tertiary alicyclic amines) is 1. The van der Waals surface area contributed by atoms with Crippen molar-refractivity contribution in [2.75, 3.05) is 13.1 Å². The molecule has 110 valence electrons. The van der Waals surface area contributed by atoms with E-state index in [9.17, 15) is 9.90 Å². The number of phenols is 1. The summed E-state index contributed by atoms with van der Waals surface area (Å²) in [5, 5.41) is 9.19. The number of phenolic OH excluding ortho intramolecular Hbond substituents is 1. The molecule has 1 aromatic rings. The van der Waals surface area contributed by atoms with E-state index in [1.54, 1.807) is 23.9 Å². The number of carbonyl (C=O) groups is 1. The number of amides is 1. The predicted molar refractivity (Wildman–Crippen MR) is 83.0 cm³/mol. The van der Waals surface area contributed by atoms with Crippen molar-refractivity contribution in [3.05, 3.63) is 24.3 Å². The molecule has 1 N–H and O–H groups in total. The fourth-order valence-corrected chi connectivity index (χ4v) is 3.83. The Balaban J connectivity index is 1.96. The molecule has 1 aliphatic rings. The maximum absolute atomic E-state index is 12.5. The van der Waals surface area contributed by atoms with E-state index in [2.05, 4.69) is 13.8 Å². The number of hydrogen-bond acceptors (Lipinski definition) is 3. The maximum Gasteiger partial charge on any atom is 0.235 e. The standard InChI is InChI=1S/C16H23NO2S/c1-11-8-12(2)10-17(9-11)16(19)13(3)20-15-6-4-14(18)5-7-15/h4-7,11-13,18H,8-10H2,1-3H3. The maximum atomic E-state index is 12.5. The number of rotatable bonds is 3. The van der Waals surface area contributed by atoms with Crippen molar-refractivity contribution >= 4 is 17.7 Å². The number of nitrogens with zero attached hydrogens (tertiary/aromatic N) is 1. The fourth-order valence-electron chi connectivity index (χ4n) is 2.88. The Bertz CT molecular complexity index is 450. The third-order valence-corrected chi connectivity index (χ3v) is 4.78. The van der Waals surface area contributed by atoms with E-state index in [1.807, 2.05) is 24.0 Å². The van der Waals surface area contributed by atoms with Gasteiger partial charge in [-0.3, -0.25) is 4.79 Å². The van der Waals surface area contributed by atoms with Crippen LogP contribution in [-0.2, 0) is 4.79 Å². The van der Waals surface area contributed by atoms with Gasteiger partial charge in [0, 0.05) is 18.0 Å². The van der Waals surface area contributed by atoms with Crippen LogP contribution in [0.25, 0.3) is 0 Å².